The first-order valence-electron chi connectivity index (χ1n) is 31.6. The molecule has 0 saturated heterocycles. The molecule has 7 heteroatoms. The van der Waals surface area contributed by atoms with E-state index < -0.39 is 0 Å². The Hall–Kier alpha value is -7.63. The zero-order chi connectivity index (χ0) is 59.2. The van der Waals surface area contributed by atoms with E-state index in [4.69, 9.17) is 0 Å². The molecule has 0 bridgehead atoms. The van der Waals surface area contributed by atoms with Gasteiger partial charge >= 0.3 is 13.7 Å². The minimum atomic E-state index is -0.169. The van der Waals surface area contributed by atoms with E-state index in [1.807, 2.05) is 0 Å². The van der Waals surface area contributed by atoms with Crippen molar-refractivity contribution in [1.82, 2.24) is 9.13 Å². The second-order valence-electron chi connectivity index (χ2n) is 32.5. The molecule has 0 spiro atoms. The highest BCUT2D eigenvalue weighted by Crippen LogP contribution is 2.57. The Morgan fingerprint density at radius 1 is 0.271 bits per heavy atom. The minimum absolute atomic E-state index is 0.0448. The van der Waals surface area contributed by atoms with Gasteiger partial charge in [-0.05, 0) is 201 Å². The number of hydrogen-bond acceptors (Lipinski definition) is 2. The molecular weight excluding hydrogens is 1030 g/mol. The Balaban J connectivity index is 1.12. The van der Waals surface area contributed by atoms with Crippen LogP contribution in [0.5, 0.6) is 0 Å². The van der Waals surface area contributed by atoms with E-state index in [-0.39, 0.29) is 53.1 Å². The fourth-order valence-electron chi connectivity index (χ4n) is 17.0. The van der Waals surface area contributed by atoms with Gasteiger partial charge < -0.3 is 18.8 Å². The summed E-state index contributed by atoms with van der Waals surface area (Å²) in [5.74, 6) is 0. The SMILES string of the molecule is CC(C)(C)c1ccc2c(c1)B1c3cc4c(cc3-c3cc5c6c7c3N1c1c(cc(C(C)(C)C)cc1-2)B7c1cc(C(C)(C)C)cc2c1N6B(c1cc(C(C)(C)C)ccc1-2)c1cc2c(cc1-5)c1ccccc1n2C(C)(C)C)c1ccccc1n4C(C)(C)C. The highest BCUT2D eigenvalue weighted by atomic mass is 15.2. The standard InChI is InChI=1S/C78H77B3N4/c1-73(2,3)42-27-29-46-54-31-44(75(7,8)9)35-62-69(54)84-71-56(50-37-52-48-23-19-21-25-64(48)82(77(13,14)15)66(52)40-60(50)80(84)58(46)33-42)39-57-51-38-53-49-24-20-22-26-65(49)83(78(16,17)18)67(53)41-61(51)81-59-34-43(74(4,5)6)28-30-47(59)55-32-45(76(10,11)12)36-63-70(55)85(81)72(57)68(71)79(62)63/h19-41H,1-18H3. The van der Waals surface area contributed by atoms with Gasteiger partial charge in [0.15, 0.2) is 0 Å². The summed E-state index contributed by atoms with van der Waals surface area (Å²) in [6.45, 7) is 43.0. The zero-order valence-electron chi connectivity index (χ0n) is 53.3. The van der Waals surface area contributed by atoms with Crippen LogP contribution in [0.15, 0.2) is 140 Å². The van der Waals surface area contributed by atoms with Crippen LogP contribution in [0.3, 0.4) is 0 Å². The van der Waals surface area contributed by atoms with Crippen molar-refractivity contribution in [2.75, 3.05) is 9.62 Å². The van der Waals surface area contributed by atoms with Crippen molar-refractivity contribution in [2.45, 2.75) is 157 Å². The molecule has 6 aliphatic rings. The molecule has 11 aromatic rings. The lowest BCUT2D eigenvalue weighted by Crippen LogP contribution is -2.72. The van der Waals surface area contributed by atoms with Gasteiger partial charge in [0, 0.05) is 99.7 Å². The Labute approximate surface area is 504 Å². The molecule has 0 N–H and O–H groups in total. The molecule has 0 saturated carbocycles. The quantitative estimate of drug-likeness (QED) is 0.141. The van der Waals surface area contributed by atoms with Gasteiger partial charge in [-0.2, -0.15) is 0 Å². The number of hydrogen-bond donors (Lipinski definition) is 0. The number of rotatable bonds is 0. The third kappa shape index (κ3) is 6.63. The van der Waals surface area contributed by atoms with Crippen LogP contribution in [-0.4, -0.2) is 29.5 Å². The van der Waals surface area contributed by atoms with Crippen molar-refractivity contribution >= 4 is 125 Å². The highest BCUT2D eigenvalue weighted by molar-refractivity contribution is 7.06. The zero-order valence-corrected chi connectivity index (χ0v) is 53.3. The first-order valence-corrected chi connectivity index (χ1v) is 31.6. The van der Waals surface area contributed by atoms with Crippen LogP contribution < -0.4 is 47.9 Å². The van der Waals surface area contributed by atoms with Gasteiger partial charge in [0.1, 0.15) is 0 Å². The molecule has 418 valence electrons. The molecule has 6 aliphatic heterocycles. The van der Waals surface area contributed by atoms with E-state index in [1.54, 1.807) is 0 Å². The summed E-state index contributed by atoms with van der Waals surface area (Å²) in [6, 6.07) is 57.5. The van der Waals surface area contributed by atoms with E-state index in [2.05, 4.69) is 283 Å². The van der Waals surface area contributed by atoms with Crippen molar-refractivity contribution in [3.63, 3.8) is 0 Å². The predicted octanol–water partition coefficient (Wildman–Crippen LogP) is 15.6. The fourth-order valence-corrected chi connectivity index (χ4v) is 17.0. The van der Waals surface area contributed by atoms with E-state index >= 15 is 0 Å². The first-order chi connectivity index (χ1) is 40.0. The fraction of sp³-hybridized carbons (Fsp3) is 0.308. The Bertz CT molecular complexity index is 4620. The van der Waals surface area contributed by atoms with Gasteiger partial charge in [0.2, 0.25) is 0 Å². The molecule has 0 atom stereocenters. The van der Waals surface area contributed by atoms with E-state index in [0.29, 0.717) is 0 Å². The molecule has 0 amide bonds. The normalized spacial score (nSPS) is 15.3. The van der Waals surface area contributed by atoms with Gasteiger partial charge in [-0.3, -0.25) is 0 Å². The molecule has 17 rings (SSSR count). The van der Waals surface area contributed by atoms with Crippen LogP contribution in [0.4, 0.5) is 22.7 Å². The van der Waals surface area contributed by atoms with Crippen molar-refractivity contribution in [3.8, 4) is 44.5 Å². The largest absolute Gasteiger partial charge is 0.377 e. The van der Waals surface area contributed by atoms with Crippen LogP contribution in [0, 0.1) is 0 Å². The van der Waals surface area contributed by atoms with Gasteiger partial charge in [-0.1, -0.05) is 168 Å². The van der Waals surface area contributed by atoms with Crippen molar-refractivity contribution in [1.29, 1.82) is 0 Å². The lowest BCUT2D eigenvalue weighted by Gasteiger charge is -2.55. The molecule has 85 heavy (non-hydrogen) atoms. The summed E-state index contributed by atoms with van der Waals surface area (Å²) >= 11 is 0. The van der Waals surface area contributed by atoms with E-state index in [0.717, 1.165) is 0 Å². The molecule has 9 aromatic carbocycles. The maximum absolute atomic E-state index is 2.92. The maximum Gasteiger partial charge on any atom is 0.329 e. The summed E-state index contributed by atoms with van der Waals surface area (Å²) in [5.41, 5.74) is 36.3. The van der Waals surface area contributed by atoms with Crippen LogP contribution >= 0.6 is 0 Å². The molecule has 0 fully saturated rings. The summed E-state index contributed by atoms with van der Waals surface area (Å²) in [7, 11) is 0. The van der Waals surface area contributed by atoms with E-state index in [9.17, 15) is 0 Å². The van der Waals surface area contributed by atoms with E-state index in [1.165, 1.54) is 171 Å². The number of nitrogens with zero attached hydrogens (tertiary/aromatic N) is 4. The number of aromatic nitrogens is 2. The van der Waals surface area contributed by atoms with Crippen LogP contribution in [0.25, 0.3) is 88.1 Å². The molecule has 0 aliphatic carbocycles. The van der Waals surface area contributed by atoms with Crippen molar-refractivity contribution < 1.29 is 0 Å². The third-order valence-corrected chi connectivity index (χ3v) is 20.9. The van der Waals surface area contributed by atoms with Crippen LogP contribution in [0.1, 0.15) is 147 Å². The summed E-state index contributed by atoms with van der Waals surface area (Å²) in [5, 5.41) is 5.27. The number of para-hydroxylation sites is 2. The highest BCUT2D eigenvalue weighted by Gasteiger charge is 2.57. The molecule has 4 nitrogen and oxygen atoms in total. The van der Waals surface area contributed by atoms with Crippen molar-refractivity contribution in [2.24, 2.45) is 0 Å². The van der Waals surface area contributed by atoms with Gasteiger partial charge in [-0.15, -0.1) is 0 Å². The summed E-state index contributed by atoms with van der Waals surface area (Å²) < 4.78 is 5.27. The number of fused-ring (bicyclic) bond motifs is 20. The average Bonchev–Trinajstić information content (AvgIpc) is 1.05. The smallest absolute Gasteiger partial charge is 0.329 e. The Morgan fingerprint density at radius 3 is 1.00 bits per heavy atom. The topological polar surface area (TPSA) is 16.3 Å². The van der Waals surface area contributed by atoms with Crippen LogP contribution in [0.2, 0.25) is 0 Å². The van der Waals surface area contributed by atoms with Gasteiger partial charge in [0.25, 0.3) is 6.71 Å². The minimum Gasteiger partial charge on any atom is -0.377 e. The molecule has 2 aromatic heterocycles. The molecule has 8 heterocycles. The Kier molecular flexibility index (Phi) is 9.66. The number of benzene rings is 9. The molecule has 0 radical (unpaired) electrons. The first kappa shape index (κ1) is 51.8. The summed E-state index contributed by atoms with van der Waals surface area (Å²) in [4.78, 5) is 5.84. The molecule has 0 unspecified atom stereocenters. The lowest BCUT2D eigenvalue weighted by molar-refractivity contribution is 0.423. The second-order valence-corrected chi connectivity index (χ2v) is 32.5. The average molecular weight is 1100 g/mol. The van der Waals surface area contributed by atoms with Gasteiger partial charge in [-0.25, -0.2) is 0 Å². The third-order valence-electron chi connectivity index (χ3n) is 20.9. The predicted molar refractivity (Wildman–Crippen MR) is 371 cm³/mol. The second kappa shape index (κ2) is 15.9. The van der Waals surface area contributed by atoms with Crippen LogP contribution in [-0.2, 0) is 32.7 Å². The number of anilines is 4. The summed E-state index contributed by atoms with van der Waals surface area (Å²) in [6.07, 6.45) is 0. The Morgan fingerprint density at radius 2 is 0.624 bits per heavy atom. The lowest BCUT2D eigenvalue weighted by atomic mass is 9.28. The van der Waals surface area contributed by atoms with Gasteiger partial charge in [0.05, 0.1) is 0 Å². The monoisotopic (exact) mass is 1100 g/mol. The van der Waals surface area contributed by atoms with Crippen molar-refractivity contribution in [3.05, 3.63) is 162 Å². The molecular formula is C78H77B3N4. The maximum atomic E-state index is 2.92.